The minimum atomic E-state index is -3.80. The van der Waals surface area contributed by atoms with Crippen LogP contribution in [0.25, 0.3) is 0 Å². The maximum atomic E-state index is 12.1. The zero-order valence-corrected chi connectivity index (χ0v) is 11.4. The molecule has 2 aromatic rings. The average molecular weight is 329 g/mol. The van der Waals surface area contributed by atoms with Crippen LogP contribution in [-0.2, 0) is 10.0 Å². The number of nitrogen functional groups attached to an aromatic ring is 1. The van der Waals surface area contributed by atoms with Gasteiger partial charge in [0, 0.05) is 18.6 Å². The fourth-order valence-corrected chi connectivity index (χ4v) is 2.85. The summed E-state index contributed by atoms with van der Waals surface area (Å²) in [7, 11) is -3.80. The topological polar surface area (TPSA) is 98.0 Å². The number of hydrogen-bond donors (Lipinski definition) is 2. The molecular weight excluding hydrogens is 320 g/mol. The van der Waals surface area contributed by atoms with Crippen molar-refractivity contribution in [1.29, 1.82) is 0 Å². The first-order valence-corrected chi connectivity index (χ1v) is 7.11. The molecule has 0 unspecified atom stereocenters. The maximum absolute atomic E-state index is 12.1. The van der Waals surface area contributed by atoms with E-state index in [2.05, 4.69) is 30.6 Å². The predicted octanol–water partition coefficient (Wildman–Crippen LogP) is 1.62. The first kappa shape index (κ1) is 12.8. The summed E-state index contributed by atoms with van der Waals surface area (Å²) in [4.78, 5) is 7.58. The molecule has 0 atom stereocenters. The average Bonchev–Trinajstić information content (AvgIpc) is 2.32. The number of aromatic nitrogens is 2. The summed E-state index contributed by atoms with van der Waals surface area (Å²) < 4.78 is 27.0. The smallest absolute Gasteiger partial charge is 0.266 e. The summed E-state index contributed by atoms with van der Waals surface area (Å²) in [6, 6.07) is 4.78. The fraction of sp³-hybridized carbons (Fsp3) is 0. The van der Waals surface area contributed by atoms with Crippen LogP contribution in [0.3, 0.4) is 0 Å². The van der Waals surface area contributed by atoms with Gasteiger partial charge in [-0.2, -0.15) is 0 Å². The second-order valence-electron chi connectivity index (χ2n) is 3.35. The van der Waals surface area contributed by atoms with Gasteiger partial charge >= 0.3 is 0 Å². The molecule has 0 saturated carbocycles. The van der Waals surface area contributed by atoms with E-state index in [9.17, 15) is 8.42 Å². The molecule has 0 fully saturated rings. The van der Waals surface area contributed by atoms with E-state index in [1.807, 2.05) is 0 Å². The normalized spacial score (nSPS) is 11.2. The van der Waals surface area contributed by atoms with E-state index < -0.39 is 10.0 Å². The van der Waals surface area contributed by atoms with Crippen molar-refractivity contribution in [3.05, 3.63) is 41.3 Å². The largest absolute Gasteiger partial charge is 0.398 e. The van der Waals surface area contributed by atoms with Crippen molar-refractivity contribution in [1.82, 2.24) is 9.97 Å². The van der Waals surface area contributed by atoms with Gasteiger partial charge in [-0.3, -0.25) is 9.71 Å². The van der Waals surface area contributed by atoms with Crippen molar-refractivity contribution < 1.29 is 8.42 Å². The van der Waals surface area contributed by atoms with Gasteiger partial charge in [0.2, 0.25) is 0 Å². The summed E-state index contributed by atoms with van der Waals surface area (Å²) in [6.07, 6.45) is 4.09. The van der Waals surface area contributed by atoms with Crippen LogP contribution in [0.2, 0.25) is 0 Å². The lowest BCUT2D eigenvalue weighted by atomic mass is 10.4. The van der Waals surface area contributed by atoms with Gasteiger partial charge in [-0.1, -0.05) is 0 Å². The second-order valence-corrected chi connectivity index (χ2v) is 5.86. The van der Waals surface area contributed by atoms with Crippen molar-refractivity contribution in [2.45, 2.75) is 4.90 Å². The summed E-state index contributed by atoms with van der Waals surface area (Å²) in [5.74, 6) is 0.195. The first-order valence-electron chi connectivity index (χ1n) is 4.83. The van der Waals surface area contributed by atoms with E-state index in [4.69, 9.17) is 5.73 Å². The van der Waals surface area contributed by atoms with Crippen molar-refractivity contribution in [2.75, 3.05) is 10.5 Å². The van der Waals surface area contributed by atoms with E-state index in [1.165, 1.54) is 24.7 Å². The molecule has 6 nitrogen and oxygen atoms in total. The molecule has 2 heterocycles. The van der Waals surface area contributed by atoms with E-state index >= 15 is 0 Å². The molecule has 8 heteroatoms. The molecule has 0 bridgehead atoms. The standard InChI is InChI=1S/C10H9BrN4O2S/c11-7-2-1-4-14-10(7)15-18(16,17)9-6-13-5-3-8(9)12/h1-6H,(H2,12,13)(H,14,15). The van der Waals surface area contributed by atoms with Gasteiger partial charge in [-0.25, -0.2) is 13.4 Å². The van der Waals surface area contributed by atoms with Crippen LogP contribution in [0.1, 0.15) is 0 Å². The van der Waals surface area contributed by atoms with Crippen LogP contribution in [0.4, 0.5) is 11.5 Å². The Labute approximate surface area is 112 Å². The summed E-state index contributed by atoms with van der Waals surface area (Å²) >= 11 is 3.20. The molecular formula is C10H9BrN4O2S. The van der Waals surface area contributed by atoms with Crippen LogP contribution in [0.5, 0.6) is 0 Å². The first-order chi connectivity index (χ1) is 8.50. The number of nitrogens with two attached hydrogens (primary N) is 1. The van der Waals surface area contributed by atoms with Gasteiger partial charge in [0.15, 0.2) is 5.82 Å². The zero-order chi connectivity index (χ0) is 13.2. The summed E-state index contributed by atoms with van der Waals surface area (Å²) in [6.45, 7) is 0. The Hall–Kier alpha value is -1.67. The number of nitrogens with zero attached hydrogens (tertiary/aromatic N) is 2. The highest BCUT2D eigenvalue weighted by atomic mass is 79.9. The Morgan fingerprint density at radius 2 is 2.06 bits per heavy atom. The number of hydrogen-bond acceptors (Lipinski definition) is 5. The quantitative estimate of drug-likeness (QED) is 0.892. The molecule has 0 aromatic carbocycles. The maximum Gasteiger partial charge on any atom is 0.266 e. The van der Waals surface area contributed by atoms with Gasteiger partial charge in [-0.05, 0) is 34.1 Å². The molecule has 0 radical (unpaired) electrons. The lowest BCUT2D eigenvalue weighted by Gasteiger charge is -2.09. The molecule has 3 N–H and O–H groups in total. The third-order valence-corrected chi connectivity index (χ3v) is 4.12. The molecule has 2 aromatic heterocycles. The van der Waals surface area contributed by atoms with Crippen LogP contribution in [0, 0.1) is 0 Å². The van der Waals surface area contributed by atoms with Gasteiger partial charge < -0.3 is 5.73 Å². The number of nitrogens with one attached hydrogen (secondary N) is 1. The Morgan fingerprint density at radius 3 is 2.72 bits per heavy atom. The molecule has 0 spiro atoms. The fourth-order valence-electron chi connectivity index (χ4n) is 1.26. The Balaban J connectivity index is 2.40. The third-order valence-electron chi connectivity index (χ3n) is 2.10. The van der Waals surface area contributed by atoms with Crippen LogP contribution in [0.15, 0.2) is 46.2 Å². The molecule has 0 saturated heterocycles. The minimum Gasteiger partial charge on any atom is -0.398 e. The molecule has 94 valence electrons. The van der Waals surface area contributed by atoms with Gasteiger partial charge in [0.25, 0.3) is 10.0 Å². The summed E-state index contributed by atoms with van der Waals surface area (Å²) in [5, 5.41) is 0. The van der Waals surface area contributed by atoms with Gasteiger partial charge in [0.1, 0.15) is 4.90 Å². The summed E-state index contributed by atoms with van der Waals surface area (Å²) in [5.41, 5.74) is 5.74. The number of rotatable bonds is 3. The number of sulfonamides is 1. The Morgan fingerprint density at radius 1 is 1.28 bits per heavy atom. The minimum absolute atomic E-state index is 0.0810. The van der Waals surface area contributed by atoms with E-state index in [0.29, 0.717) is 4.47 Å². The van der Waals surface area contributed by atoms with Crippen molar-refractivity contribution >= 4 is 37.5 Å². The van der Waals surface area contributed by atoms with Crippen molar-refractivity contribution in [3.8, 4) is 0 Å². The molecule has 2 rings (SSSR count). The van der Waals surface area contributed by atoms with Crippen LogP contribution in [-0.4, -0.2) is 18.4 Å². The lowest BCUT2D eigenvalue weighted by Crippen LogP contribution is -2.16. The van der Waals surface area contributed by atoms with Gasteiger partial charge in [-0.15, -0.1) is 0 Å². The SMILES string of the molecule is Nc1ccncc1S(=O)(=O)Nc1ncccc1Br. The Kier molecular flexibility index (Phi) is 3.48. The molecule has 0 aliphatic carbocycles. The number of anilines is 2. The van der Waals surface area contributed by atoms with E-state index in [0.717, 1.165) is 0 Å². The van der Waals surface area contributed by atoms with Crippen LogP contribution < -0.4 is 10.5 Å². The second kappa shape index (κ2) is 4.91. The third kappa shape index (κ3) is 2.59. The lowest BCUT2D eigenvalue weighted by molar-refractivity contribution is 0.601. The molecule has 0 aliphatic heterocycles. The molecule has 18 heavy (non-hydrogen) atoms. The Bertz CT molecular complexity index is 675. The predicted molar refractivity (Wildman–Crippen MR) is 71.4 cm³/mol. The van der Waals surface area contributed by atoms with Crippen molar-refractivity contribution in [2.24, 2.45) is 0 Å². The number of pyridine rings is 2. The highest BCUT2D eigenvalue weighted by Gasteiger charge is 2.19. The molecule has 0 amide bonds. The number of halogens is 1. The molecule has 0 aliphatic rings. The van der Waals surface area contributed by atoms with Crippen LogP contribution >= 0.6 is 15.9 Å². The van der Waals surface area contributed by atoms with E-state index in [-0.39, 0.29) is 16.4 Å². The van der Waals surface area contributed by atoms with E-state index in [1.54, 1.807) is 12.1 Å². The highest BCUT2D eigenvalue weighted by Crippen LogP contribution is 2.23. The van der Waals surface area contributed by atoms with Crippen molar-refractivity contribution in [3.63, 3.8) is 0 Å². The monoisotopic (exact) mass is 328 g/mol. The van der Waals surface area contributed by atoms with Gasteiger partial charge in [0.05, 0.1) is 10.2 Å². The zero-order valence-electron chi connectivity index (χ0n) is 9.04. The highest BCUT2D eigenvalue weighted by molar-refractivity contribution is 9.10.